The monoisotopic (exact) mass is 379 g/mol. The van der Waals surface area contributed by atoms with Gasteiger partial charge in [0.1, 0.15) is 5.69 Å². The Labute approximate surface area is 154 Å². The van der Waals surface area contributed by atoms with E-state index in [2.05, 4.69) is 15.3 Å². The Kier molecular flexibility index (Phi) is 6.14. The molecule has 0 fully saturated rings. The van der Waals surface area contributed by atoms with E-state index in [1.165, 1.54) is 11.3 Å². The van der Waals surface area contributed by atoms with Gasteiger partial charge < -0.3 is 14.5 Å². The molecule has 2 aromatic rings. The predicted octanol–water partition coefficient (Wildman–Crippen LogP) is 2.76. The van der Waals surface area contributed by atoms with Crippen molar-refractivity contribution in [2.75, 3.05) is 11.9 Å². The zero-order valence-corrected chi connectivity index (χ0v) is 16.1. The van der Waals surface area contributed by atoms with Gasteiger partial charge in [-0.2, -0.15) is 0 Å². The number of carbonyl (C=O) groups excluding carboxylic acids is 3. The number of nitrogens with zero attached hydrogens (tertiary/aromatic N) is 1. The van der Waals surface area contributed by atoms with Crippen LogP contribution in [-0.2, 0) is 14.3 Å². The number of nitrogens with one attached hydrogen (secondary N) is 2. The van der Waals surface area contributed by atoms with Crippen LogP contribution < -0.4 is 5.32 Å². The quantitative estimate of drug-likeness (QED) is 0.747. The number of thiazole rings is 1. The Balaban J connectivity index is 2.01. The van der Waals surface area contributed by atoms with Gasteiger partial charge in [0.05, 0.1) is 17.4 Å². The maximum absolute atomic E-state index is 12.2. The molecule has 0 saturated carbocycles. The van der Waals surface area contributed by atoms with Crippen LogP contribution in [0.3, 0.4) is 0 Å². The van der Waals surface area contributed by atoms with E-state index in [4.69, 9.17) is 9.47 Å². The third-order valence-electron chi connectivity index (χ3n) is 3.39. The average Bonchev–Trinajstić information content (AvgIpc) is 3.07. The Morgan fingerprint density at radius 1 is 1.23 bits per heavy atom. The zero-order valence-electron chi connectivity index (χ0n) is 15.3. The first-order chi connectivity index (χ1) is 12.2. The summed E-state index contributed by atoms with van der Waals surface area (Å²) >= 11 is 1.28. The number of esters is 2. The number of hydrogen-bond acceptors (Lipinski definition) is 7. The lowest BCUT2D eigenvalue weighted by molar-refractivity contribution is -0.119. The summed E-state index contributed by atoms with van der Waals surface area (Å²) in [6.07, 6.45) is -0.273. The predicted molar refractivity (Wildman–Crippen MR) is 96.6 cm³/mol. The van der Waals surface area contributed by atoms with Crippen molar-refractivity contribution in [1.29, 1.82) is 0 Å². The molecule has 0 aliphatic heterocycles. The van der Waals surface area contributed by atoms with Crippen molar-refractivity contribution in [1.82, 2.24) is 9.97 Å². The number of carbonyl (C=O) groups is 3. The number of amides is 1. The Morgan fingerprint density at radius 3 is 2.50 bits per heavy atom. The van der Waals surface area contributed by atoms with Gasteiger partial charge in [-0.25, -0.2) is 14.6 Å². The van der Waals surface area contributed by atoms with Crippen LogP contribution >= 0.6 is 11.3 Å². The van der Waals surface area contributed by atoms with Gasteiger partial charge in [0.2, 0.25) is 0 Å². The van der Waals surface area contributed by atoms with Crippen molar-refractivity contribution in [3.63, 3.8) is 0 Å². The molecule has 0 bridgehead atoms. The fourth-order valence-electron chi connectivity index (χ4n) is 2.30. The van der Waals surface area contributed by atoms with Crippen LogP contribution in [-0.4, -0.2) is 40.5 Å². The largest absolute Gasteiger partial charge is 0.459 e. The molecule has 0 aliphatic carbocycles. The number of aryl methyl sites for hydroxylation is 2. The Bertz CT molecular complexity index is 838. The topological polar surface area (TPSA) is 110 Å². The number of H-pyrrole nitrogens is 1. The first kappa shape index (κ1) is 19.6. The molecule has 2 rings (SSSR count). The fraction of sp³-hybridized carbons (Fsp3) is 0.412. The highest BCUT2D eigenvalue weighted by Gasteiger charge is 2.24. The molecule has 0 atom stereocenters. The second-order valence-electron chi connectivity index (χ2n) is 6.00. The summed E-state index contributed by atoms with van der Waals surface area (Å²) in [6.45, 7) is 8.12. The number of ether oxygens (including phenoxy) is 2. The van der Waals surface area contributed by atoms with Crippen LogP contribution in [0, 0.1) is 20.8 Å². The van der Waals surface area contributed by atoms with E-state index in [0.717, 1.165) is 5.69 Å². The van der Waals surface area contributed by atoms with E-state index >= 15 is 0 Å². The molecule has 0 unspecified atom stereocenters. The summed E-state index contributed by atoms with van der Waals surface area (Å²) in [6, 6.07) is 0. The Morgan fingerprint density at radius 2 is 1.92 bits per heavy atom. The number of hydrogen-bond donors (Lipinski definition) is 2. The molecule has 1 amide bonds. The summed E-state index contributed by atoms with van der Waals surface area (Å²) in [5.41, 5.74) is 2.14. The number of aromatic nitrogens is 2. The molecule has 8 nitrogen and oxygen atoms in total. The van der Waals surface area contributed by atoms with Crippen LogP contribution in [0.5, 0.6) is 0 Å². The first-order valence-corrected chi connectivity index (χ1v) is 8.86. The number of aromatic amines is 1. The molecule has 2 N–H and O–H groups in total. The van der Waals surface area contributed by atoms with Crippen LogP contribution in [0.4, 0.5) is 5.13 Å². The van der Waals surface area contributed by atoms with Gasteiger partial charge in [-0.1, -0.05) is 0 Å². The highest BCUT2D eigenvalue weighted by Crippen LogP contribution is 2.20. The molecular formula is C17H21N3O5S. The standard InChI is InChI=1S/C17H21N3O5S/c1-8(2)25-15(22)13-10(4)14(19-11(13)5)16(23)24-6-12(21)20-17-18-9(3)7-26-17/h7-8,19H,6H2,1-5H3,(H,18,20,21). The number of rotatable bonds is 6. The van der Waals surface area contributed by atoms with Crippen LogP contribution in [0.1, 0.15) is 51.6 Å². The number of anilines is 1. The maximum Gasteiger partial charge on any atom is 0.355 e. The second kappa shape index (κ2) is 8.13. The van der Waals surface area contributed by atoms with Crippen LogP contribution in [0.2, 0.25) is 0 Å². The minimum atomic E-state index is -0.723. The van der Waals surface area contributed by atoms with E-state index in [1.54, 1.807) is 33.1 Å². The van der Waals surface area contributed by atoms with Gasteiger partial charge in [0.25, 0.3) is 5.91 Å². The molecule has 0 aliphatic rings. The minimum absolute atomic E-state index is 0.121. The van der Waals surface area contributed by atoms with E-state index < -0.39 is 24.5 Å². The van der Waals surface area contributed by atoms with Crippen molar-refractivity contribution in [2.24, 2.45) is 0 Å². The molecule has 9 heteroatoms. The van der Waals surface area contributed by atoms with E-state index in [9.17, 15) is 14.4 Å². The minimum Gasteiger partial charge on any atom is -0.459 e. The van der Waals surface area contributed by atoms with Crippen molar-refractivity contribution in [2.45, 2.75) is 40.7 Å². The average molecular weight is 379 g/mol. The summed E-state index contributed by atoms with van der Waals surface area (Å²) in [5, 5.41) is 4.78. The van der Waals surface area contributed by atoms with Crippen LogP contribution in [0.25, 0.3) is 0 Å². The molecular weight excluding hydrogens is 358 g/mol. The van der Waals surface area contributed by atoms with E-state index in [0.29, 0.717) is 22.0 Å². The fourth-order valence-corrected chi connectivity index (χ4v) is 3.01. The maximum atomic E-state index is 12.2. The summed E-state index contributed by atoms with van der Waals surface area (Å²) in [4.78, 5) is 43.1. The van der Waals surface area contributed by atoms with Gasteiger partial charge in [-0.3, -0.25) is 10.1 Å². The molecule has 26 heavy (non-hydrogen) atoms. The highest BCUT2D eigenvalue weighted by atomic mass is 32.1. The summed E-state index contributed by atoms with van der Waals surface area (Å²) in [5.74, 6) is -1.73. The van der Waals surface area contributed by atoms with Gasteiger partial charge in [0, 0.05) is 11.1 Å². The lowest BCUT2D eigenvalue weighted by Crippen LogP contribution is -2.21. The first-order valence-electron chi connectivity index (χ1n) is 7.98. The molecule has 0 aromatic carbocycles. The van der Waals surface area contributed by atoms with Crippen molar-refractivity contribution < 1.29 is 23.9 Å². The summed E-state index contributed by atoms with van der Waals surface area (Å²) < 4.78 is 10.2. The van der Waals surface area contributed by atoms with Gasteiger partial charge in [0.15, 0.2) is 11.7 Å². The van der Waals surface area contributed by atoms with Crippen molar-refractivity contribution in [3.8, 4) is 0 Å². The van der Waals surface area contributed by atoms with Gasteiger partial charge >= 0.3 is 11.9 Å². The SMILES string of the molecule is Cc1csc(NC(=O)COC(=O)c2[nH]c(C)c(C(=O)OC(C)C)c2C)n1. The third-order valence-corrected chi connectivity index (χ3v) is 4.26. The third kappa shape index (κ3) is 4.69. The van der Waals surface area contributed by atoms with Crippen LogP contribution in [0.15, 0.2) is 5.38 Å². The normalized spacial score (nSPS) is 10.7. The highest BCUT2D eigenvalue weighted by molar-refractivity contribution is 7.13. The smallest absolute Gasteiger partial charge is 0.355 e. The lowest BCUT2D eigenvalue weighted by Gasteiger charge is -2.08. The molecule has 0 spiro atoms. The summed E-state index contributed by atoms with van der Waals surface area (Å²) in [7, 11) is 0. The lowest BCUT2D eigenvalue weighted by atomic mass is 10.1. The molecule has 2 aromatic heterocycles. The molecule has 140 valence electrons. The van der Waals surface area contributed by atoms with Gasteiger partial charge in [-0.05, 0) is 40.2 Å². The van der Waals surface area contributed by atoms with E-state index in [-0.39, 0.29) is 11.8 Å². The van der Waals surface area contributed by atoms with Crippen molar-refractivity contribution >= 4 is 34.3 Å². The van der Waals surface area contributed by atoms with Crippen molar-refractivity contribution in [3.05, 3.63) is 33.6 Å². The zero-order chi connectivity index (χ0) is 19.4. The van der Waals surface area contributed by atoms with Gasteiger partial charge in [-0.15, -0.1) is 11.3 Å². The van der Waals surface area contributed by atoms with E-state index in [1.807, 2.05) is 6.92 Å². The molecule has 0 saturated heterocycles. The second-order valence-corrected chi connectivity index (χ2v) is 6.86. The molecule has 2 heterocycles. The Hall–Kier alpha value is -2.68. The molecule has 0 radical (unpaired) electrons.